The van der Waals surface area contributed by atoms with E-state index in [0.717, 1.165) is 28.5 Å². The van der Waals surface area contributed by atoms with Crippen molar-refractivity contribution in [3.8, 4) is 0 Å². The Kier molecular flexibility index (Phi) is 17.9. The van der Waals surface area contributed by atoms with E-state index >= 15 is 0 Å². The minimum absolute atomic E-state index is 0.0256. The Labute approximate surface area is 402 Å². The van der Waals surface area contributed by atoms with Gasteiger partial charge in [-0.25, -0.2) is 0 Å². The number of hydrogen-bond acceptors (Lipinski definition) is 16. The zero-order valence-electron chi connectivity index (χ0n) is 37.2. The first-order valence-corrected chi connectivity index (χ1v) is 22.3. The zero-order chi connectivity index (χ0) is 48.4. The van der Waals surface area contributed by atoms with Crippen molar-refractivity contribution in [3.05, 3.63) is 119 Å². The summed E-state index contributed by atoms with van der Waals surface area (Å²) in [5, 5.41) is 8.51. The molecule has 6 rings (SSSR count). The van der Waals surface area contributed by atoms with E-state index in [4.69, 9.17) is 87.6 Å². The highest BCUT2D eigenvalue weighted by molar-refractivity contribution is 6.76. The molecule has 10 atom stereocenters. The second-order valence-corrected chi connectivity index (χ2v) is 18.1. The monoisotopic (exact) mass is 988 g/mol. The number of ether oxygens (including phenoxy) is 10. The average molecular weight is 990 g/mol. The molecule has 0 radical (unpaired) electrons. The van der Waals surface area contributed by atoms with Crippen molar-refractivity contribution in [2.24, 2.45) is 0 Å². The lowest BCUT2D eigenvalue weighted by Crippen LogP contribution is -2.70. The molecule has 3 aromatic rings. The summed E-state index contributed by atoms with van der Waals surface area (Å²) in [6, 6.07) is 25.7. The molecule has 0 spiro atoms. The average Bonchev–Trinajstić information content (AvgIpc) is 3.47. The van der Waals surface area contributed by atoms with E-state index in [1.165, 1.54) is 27.7 Å². The van der Waals surface area contributed by atoms with Crippen molar-refractivity contribution in [2.75, 3.05) is 13.2 Å². The van der Waals surface area contributed by atoms with E-state index in [1.807, 2.05) is 91.0 Å². The molecular weight excluding hydrogens is 939 g/mol. The summed E-state index contributed by atoms with van der Waals surface area (Å²) in [5.41, 5.74) is 2.40. The van der Waals surface area contributed by atoms with Crippen LogP contribution in [0.1, 0.15) is 51.3 Å². The molecule has 0 aliphatic carbocycles. The number of rotatable bonds is 18. The van der Waals surface area contributed by atoms with Crippen LogP contribution in [0.2, 0.25) is 0 Å². The molecule has 20 heteroatoms. The van der Waals surface area contributed by atoms with E-state index in [-0.39, 0.29) is 37.6 Å². The Balaban J connectivity index is 1.47. The highest BCUT2D eigenvalue weighted by Crippen LogP contribution is 2.40. The summed E-state index contributed by atoms with van der Waals surface area (Å²) >= 11 is 18.2. The lowest BCUT2D eigenvalue weighted by molar-refractivity contribution is -0.356. The molecule has 2 fully saturated rings. The van der Waals surface area contributed by atoms with Crippen LogP contribution in [0.15, 0.2) is 102 Å². The topological polar surface area (TPSA) is 205 Å². The van der Waals surface area contributed by atoms with Gasteiger partial charge in [-0.1, -0.05) is 126 Å². The van der Waals surface area contributed by atoms with Crippen molar-refractivity contribution >= 4 is 70.4 Å². The maximum atomic E-state index is 14.0. The molecule has 3 heterocycles. The Bertz CT molecular complexity index is 2220. The number of carbonyl (C=O) groups is 5. The molecule has 17 nitrogen and oxygen atoms in total. The van der Waals surface area contributed by atoms with Gasteiger partial charge in [-0.05, 0) is 30.5 Å². The number of nitrogens with zero attached hydrogens (tertiary/aromatic N) is 1. The third-order valence-corrected chi connectivity index (χ3v) is 11.5. The highest BCUT2D eigenvalue weighted by atomic mass is 35.6. The lowest BCUT2D eigenvalue weighted by Gasteiger charge is -2.50. The largest absolute Gasteiger partial charge is 0.463 e. The van der Waals surface area contributed by atoms with Gasteiger partial charge in [-0.15, -0.1) is 0 Å². The third-order valence-electron chi connectivity index (χ3n) is 10.9. The number of esters is 3. The summed E-state index contributed by atoms with van der Waals surface area (Å²) in [4.78, 5) is 67.5. The molecule has 2 amide bonds. The van der Waals surface area contributed by atoms with Crippen molar-refractivity contribution in [2.45, 2.75) is 120 Å². The maximum absolute atomic E-state index is 14.0. The minimum atomic E-state index is -2.46. The van der Waals surface area contributed by atoms with Crippen LogP contribution in [0.4, 0.5) is 0 Å². The molecule has 360 valence electrons. The van der Waals surface area contributed by atoms with Gasteiger partial charge in [-0.2, -0.15) is 0 Å². The van der Waals surface area contributed by atoms with Gasteiger partial charge in [0.05, 0.1) is 26.4 Å². The summed E-state index contributed by atoms with van der Waals surface area (Å²) in [5.74, 6) is -4.90. The number of halogens is 3. The number of amides is 2. The van der Waals surface area contributed by atoms with Crippen LogP contribution in [0.5, 0.6) is 0 Å². The van der Waals surface area contributed by atoms with Gasteiger partial charge in [0.1, 0.15) is 43.2 Å². The van der Waals surface area contributed by atoms with Crippen molar-refractivity contribution in [1.29, 1.82) is 5.41 Å². The molecule has 2 saturated heterocycles. The van der Waals surface area contributed by atoms with Crippen LogP contribution >= 0.6 is 34.8 Å². The van der Waals surface area contributed by atoms with Gasteiger partial charge in [-0.3, -0.25) is 34.3 Å². The minimum Gasteiger partial charge on any atom is -0.463 e. The fourth-order valence-corrected chi connectivity index (χ4v) is 7.83. The predicted octanol–water partition coefficient (Wildman–Crippen LogP) is 6.07. The van der Waals surface area contributed by atoms with E-state index in [0.29, 0.717) is 0 Å². The van der Waals surface area contributed by atoms with E-state index in [1.54, 1.807) is 0 Å². The first kappa shape index (κ1) is 51.4. The molecule has 0 unspecified atom stereocenters. The highest BCUT2D eigenvalue weighted by Gasteiger charge is 2.60. The summed E-state index contributed by atoms with van der Waals surface area (Å²) < 4.78 is 60.0. The summed E-state index contributed by atoms with van der Waals surface area (Å²) in [6.07, 6.45) is -13.2. The molecule has 0 bridgehead atoms. The van der Waals surface area contributed by atoms with Gasteiger partial charge in [0.25, 0.3) is 15.6 Å². The van der Waals surface area contributed by atoms with Crippen molar-refractivity contribution < 1.29 is 71.3 Å². The smallest absolute Gasteiger partial charge is 0.303 e. The first-order chi connectivity index (χ1) is 31.9. The van der Waals surface area contributed by atoms with Crippen molar-refractivity contribution in [1.82, 2.24) is 4.90 Å². The number of nitrogens with one attached hydrogen (secondary N) is 1. The summed E-state index contributed by atoms with van der Waals surface area (Å²) in [7, 11) is 0. The molecule has 3 aliphatic heterocycles. The normalized spacial score (nSPS) is 26.5. The number of imide groups is 1. The van der Waals surface area contributed by atoms with Crippen LogP contribution in [0, 0.1) is 5.41 Å². The number of benzene rings is 3. The fraction of sp³-hybridized carbons (Fsp3) is 0.447. The van der Waals surface area contributed by atoms with E-state index in [9.17, 15) is 24.0 Å². The molecule has 3 aliphatic rings. The Morgan fingerprint density at radius 2 is 1.06 bits per heavy atom. The molecule has 0 saturated carbocycles. The molecule has 3 aromatic carbocycles. The fourth-order valence-electron chi connectivity index (χ4n) is 7.70. The van der Waals surface area contributed by atoms with Crippen molar-refractivity contribution in [3.63, 3.8) is 0 Å². The van der Waals surface area contributed by atoms with Gasteiger partial charge < -0.3 is 47.4 Å². The molecular formula is C47H51Cl3N2O15. The zero-order valence-corrected chi connectivity index (χ0v) is 39.4. The van der Waals surface area contributed by atoms with Crippen LogP contribution in [-0.2, 0) is 91.2 Å². The SMILES string of the molecule is CC(=O)OC[C@H]1O[C@@H](O[C@H]2[C@@H](OC(C)=O)[C@@H](N3C(=O)C(C)=C(C)C3=O)[C@@H](OC(=N)C(Cl)(Cl)Cl)O[C@@H]2COCc2ccccc2)[C@H](OC(C)=O)[C@@H](OCc2ccccc2)[C@@H]1OCc1ccccc1. The van der Waals surface area contributed by atoms with Gasteiger partial charge in [0, 0.05) is 31.9 Å². The Hall–Kier alpha value is -4.95. The quantitative estimate of drug-likeness (QED) is 0.0384. The second-order valence-electron chi connectivity index (χ2n) is 15.8. The number of carbonyl (C=O) groups excluding carboxylic acids is 5. The van der Waals surface area contributed by atoms with Gasteiger partial charge >= 0.3 is 17.9 Å². The first-order valence-electron chi connectivity index (χ1n) is 21.2. The summed E-state index contributed by atoms with van der Waals surface area (Å²) in [6.45, 7) is 5.61. The molecule has 0 aromatic heterocycles. The third kappa shape index (κ3) is 13.4. The van der Waals surface area contributed by atoms with Crippen LogP contribution < -0.4 is 0 Å². The lowest BCUT2D eigenvalue weighted by atomic mass is 9.93. The van der Waals surface area contributed by atoms with E-state index < -0.39 is 107 Å². The predicted molar refractivity (Wildman–Crippen MR) is 239 cm³/mol. The van der Waals surface area contributed by atoms with Gasteiger partial charge in [0.2, 0.25) is 12.2 Å². The van der Waals surface area contributed by atoms with Gasteiger partial charge in [0.15, 0.2) is 18.5 Å². The second kappa shape index (κ2) is 23.4. The van der Waals surface area contributed by atoms with Crippen LogP contribution in [-0.4, -0.2) is 119 Å². The standard InChI is InChI=1S/C47H51Cl3N2O15/c1-26-27(2)43(57)52(42(26)56)36-39(62-29(4)54)38(34(24-58-21-31-15-9-6-10-16-31)64-44(36)67-46(51)47(48,49)50)66-45-41(63-30(5)55)40(61-23-33-19-13-8-14-20-33)37(35(65-45)25-59-28(3)53)60-22-32-17-11-7-12-18-32/h6-20,34-41,44-45,51H,21-25H2,1-5H3/t34-,35-,36-,37-,38-,39+,40+,41-,44-,45+/m1/s1. The van der Waals surface area contributed by atoms with Crippen LogP contribution in [0.25, 0.3) is 0 Å². The Morgan fingerprint density at radius 1 is 0.597 bits per heavy atom. The van der Waals surface area contributed by atoms with Crippen LogP contribution in [0.3, 0.4) is 0 Å². The number of hydrogen-bond donors (Lipinski definition) is 1. The Morgan fingerprint density at radius 3 is 1.55 bits per heavy atom. The molecule has 67 heavy (non-hydrogen) atoms. The number of alkyl halides is 3. The maximum Gasteiger partial charge on any atom is 0.303 e. The van der Waals surface area contributed by atoms with E-state index in [2.05, 4.69) is 0 Å². The molecule has 1 N–H and O–H groups in total.